The van der Waals surface area contributed by atoms with Gasteiger partial charge in [0, 0.05) is 32.1 Å². The molecule has 2 amide bonds. The Morgan fingerprint density at radius 3 is 2.41 bits per heavy atom. The lowest BCUT2D eigenvalue weighted by Gasteiger charge is -2.17. The minimum Gasteiger partial charge on any atom is -0.322 e. The molecule has 1 atom stereocenters. The largest absolute Gasteiger partial charge is 0.322 e. The van der Waals surface area contributed by atoms with Crippen LogP contribution in [0.4, 0.5) is 10.8 Å². The van der Waals surface area contributed by atoms with Gasteiger partial charge in [0.25, 0.3) is 5.91 Å². The lowest BCUT2D eigenvalue weighted by molar-refractivity contribution is -0.115. The van der Waals surface area contributed by atoms with Gasteiger partial charge in [0.2, 0.25) is 5.91 Å². The van der Waals surface area contributed by atoms with Crippen LogP contribution >= 0.6 is 34.7 Å². The molecular weight excluding hydrogens is 546 g/mol. The summed E-state index contributed by atoms with van der Waals surface area (Å²) in [7, 11) is 0. The van der Waals surface area contributed by atoms with E-state index in [1.807, 2.05) is 109 Å². The van der Waals surface area contributed by atoms with E-state index in [1.165, 1.54) is 23.1 Å². The molecule has 39 heavy (non-hydrogen) atoms. The summed E-state index contributed by atoms with van der Waals surface area (Å²) in [4.78, 5) is 31.7. The molecule has 5 rings (SSSR count). The fourth-order valence-corrected chi connectivity index (χ4v) is 5.86. The number of nitrogens with one attached hydrogen (secondary N) is 2. The molecule has 0 aliphatic rings. The number of halogens is 1. The summed E-state index contributed by atoms with van der Waals surface area (Å²) >= 11 is 8.79. The van der Waals surface area contributed by atoms with Gasteiger partial charge >= 0.3 is 0 Å². The second-order valence-corrected chi connectivity index (χ2v) is 11.3. The van der Waals surface area contributed by atoms with Gasteiger partial charge in [0.15, 0.2) is 5.13 Å². The number of aromatic nitrogens is 1. The third-order valence-corrected chi connectivity index (χ3v) is 8.10. The molecule has 194 valence electrons. The minimum absolute atomic E-state index is 0.182. The van der Waals surface area contributed by atoms with Crippen LogP contribution in [0.3, 0.4) is 0 Å². The van der Waals surface area contributed by atoms with Gasteiger partial charge in [-0.05, 0) is 55.0 Å². The first-order chi connectivity index (χ1) is 18.9. The second kappa shape index (κ2) is 12.3. The molecule has 0 aliphatic heterocycles. The Hall–Kier alpha value is -3.91. The van der Waals surface area contributed by atoms with Crippen molar-refractivity contribution in [2.24, 2.45) is 0 Å². The summed E-state index contributed by atoms with van der Waals surface area (Å²) in [5.74, 6) is -0.365. The van der Waals surface area contributed by atoms with Crippen LogP contribution in [0.15, 0.2) is 113 Å². The van der Waals surface area contributed by atoms with Gasteiger partial charge in [0.05, 0.1) is 5.69 Å². The number of hydrogen-bond acceptors (Lipinski definition) is 5. The molecule has 0 saturated heterocycles. The highest BCUT2D eigenvalue weighted by Gasteiger charge is 2.23. The number of anilines is 2. The van der Waals surface area contributed by atoms with Crippen molar-refractivity contribution in [3.63, 3.8) is 0 Å². The van der Waals surface area contributed by atoms with Crippen molar-refractivity contribution in [2.75, 3.05) is 10.6 Å². The van der Waals surface area contributed by atoms with E-state index in [2.05, 4.69) is 15.6 Å². The first-order valence-corrected chi connectivity index (χ1v) is 14.3. The van der Waals surface area contributed by atoms with Crippen LogP contribution in [0.25, 0.3) is 11.3 Å². The van der Waals surface area contributed by atoms with Crippen molar-refractivity contribution in [3.8, 4) is 11.3 Å². The van der Waals surface area contributed by atoms with Crippen molar-refractivity contribution in [2.45, 2.75) is 17.1 Å². The summed E-state index contributed by atoms with van der Waals surface area (Å²) in [5.41, 5.74) is 4.83. The molecule has 0 spiro atoms. The summed E-state index contributed by atoms with van der Waals surface area (Å²) in [6.45, 7) is 1.95. The molecular formula is C31H24ClN3O2S2. The van der Waals surface area contributed by atoms with E-state index in [0.29, 0.717) is 21.4 Å². The van der Waals surface area contributed by atoms with Gasteiger partial charge in [-0.2, -0.15) is 0 Å². The zero-order chi connectivity index (χ0) is 27.2. The highest BCUT2D eigenvalue weighted by Crippen LogP contribution is 2.38. The first-order valence-electron chi connectivity index (χ1n) is 12.2. The van der Waals surface area contributed by atoms with E-state index in [-0.39, 0.29) is 11.8 Å². The fraction of sp³-hybridized carbons (Fsp3) is 0.0645. The lowest BCUT2D eigenvalue weighted by Crippen LogP contribution is -2.19. The first kappa shape index (κ1) is 26.7. The van der Waals surface area contributed by atoms with Gasteiger partial charge in [-0.1, -0.05) is 77.8 Å². The maximum Gasteiger partial charge on any atom is 0.255 e. The average molecular weight is 570 g/mol. The summed E-state index contributed by atoms with van der Waals surface area (Å²) in [6.07, 6.45) is 0. The Morgan fingerprint density at radius 1 is 0.872 bits per heavy atom. The van der Waals surface area contributed by atoms with Gasteiger partial charge < -0.3 is 10.6 Å². The monoisotopic (exact) mass is 569 g/mol. The van der Waals surface area contributed by atoms with Crippen LogP contribution in [0.5, 0.6) is 0 Å². The number of benzene rings is 4. The number of carbonyl (C=O) groups excluding carboxylic acids is 2. The van der Waals surface area contributed by atoms with Crippen molar-refractivity contribution in [1.82, 2.24) is 4.98 Å². The van der Waals surface area contributed by atoms with Crippen LogP contribution in [0.1, 0.15) is 26.7 Å². The van der Waals surface area contributed by atoms with E-state index >= 15 is 0 Å². The number of rotatable bonds is 8. The standard InChI is InChI=1S/C31H24ClN3O2S2/c1-20-7-5-10-23(17-20)29(36)33-25-11-6-12-26(18-25)39-28(22-8-3-2-4-9-22)30(37)35-31-34-27(19-38-31)21-13-15-24(32)16-14-21/h2-19,28H,1H3,(H,33,36)(H,34,35,37). The van der Waals surface area contributed by atoms with Crippen LogP contribution in [0, 0.1) is 6.92 Å². The van der Waals surface area contributed by atoms with Gasteiger partial charge in [-0.3, -0.25) is 9.59 Å². The van der Waals surface area contributed by atoms with Crippen LogP contribution in [-0.4, -0.2) is 16.8 Å². The molecule has 1 unspecified atom stereocenters. The third kappa shape index (κ3) is 6.95. The number of thiazole rings is 1. The van der Waals surface area contributed by atoms with Crippen LogP contribution in [-0.2, 0) is 4.79 Å². The average Bonchev–Trinajstić information content (AvgIpc) is 3.41. The van der Waals surface area contributed by atoms with Gasteiger partial charge in [0.1, 0.15) is 5.25 Å². The molecule has 0 saturated carbocycles. The Morgan fingerprint density at radius 2 is 1.64 bits per heavy atom. The predicted molar refractivity (Wildman–Crippen MR) is 162 cm³/mol. The number of thioether (sulfide) groups is 1. The number of nitrogens with zero attached hydrogens (tertiary/aromatic N) is 1. The Kier molecular flexibility index (Phi) is 8.42. The summed E-state index contributed by atoms with van der Waals surface area (Å²) < 4.78 is 0. The zero-order valence-electron chi connectivity index (χ0n) is 20.9. The number of carbonyl (C=O) groups is 2. The van der Waals surface area contributed by atoms with Crippen molar-refractivity contribution >= 4 is 57.3 Å². The molecule has 5 nitrogen and oxygen atoms in total. The van der Waals surface area contributed by atoms with Crippen molar-refractivity contribution in [1.29, 1.82) is 0 Å². The Balaban J connectivity index is 1.33. The topological polar surface area (TPSA) is 71.1 Å². The van der Waals surface area contributed by atoms with E-state index in [9.17, 15) is 9.59 Å². The molecule has 1 heterocycles. The number of hydrogen-bond donors (Lipinski definition) is 2. The fourth-order valence-electron chi connectivity index (χ4n) is 3.93. The van der Waals surface area contributed by atoms with E-state index in [4.69, 9.17) is 11.6 Å². The number of aryl methyl sites for hydroxylation is 1. The molecule has 5 aromatic rings. The lowest BCUT2D eigenvalue weighted by atomic mass is 10.1. The quantitative estimate of drug-likeness (QED) is 0.184. The second-order valence-electron chi connectivity index (χ2n) is 8.79. The summed E-state index contributed by atoms with van der Waals surface area (Å²) in [6, 6.07) is 32.0. The number of amides is 2. The summed E-state index contributed by atoms with van der Waals surface area (Å²) in [5, 5.41) is 8.50. The van der Waals surface area contributed by atoms with E-state index < -0.39 is 5.25 Å². The molecule has 0 radical (unpaired) electrons. The van der Waals surface area contributed by atoms with Gasteiger partial charge in [-0.25, -0.2) is 4.98 Å². The predicted octanol–water partition coefficient (Wildman–Crippen LogP) is 8.50. The van der Waals surface area contributed by atoms with Crippen molar-refractivity contribution < 1.29 is 9.59 Å². The third-order valence-electron chi connectivity index (χ3n) is 5.84. The molecule has 8 heteroatoms. The molecule has 0 fully saturated rings. The van der Waals surface area contributed by atoms with Crippen molar-refractivity contribution in [3.05, 3.63) is 130 Å². The highest BCUT2D eigenvalue weighted by atomic mass is 35.5. The molecule has 0 bridgehead atoms. The molecule has 1 aromatic heterocycles. The maximum absolute atomic E-state index is 13.5. The molecule has 0 aliphatic carbocycles. The SMILES string of the molecule is Cc1cccc(C(=O)Nc2cccc(SC(C(=O)Nc3nc(-c4ccc(Cl)cc4)cs3)c3ccccc3)c2)c1. The maximum atomic E-state index is 13.5. The smallest absolute Gasteiger partial charge is 0.255 e. The zero-order valence-corrected chi connectivity index (χ0v) is 23.3. The van der Waals surface area contributed by atoms with E-state index in [1.54, 1.807) is 6.07 Å². The van der Waals surface area contributed by atoms with Gasteiger partial charge in [-0.15, -0.1) is 23.1 Å². The van der Waals surface area contributed by atoms with Crippen LogP contribution in [0.2, 0.25) is 5.02 Å². The molecule has 2 N–H and O–H groups in total. The van der Waals surface area contributed by atoms with Crippen LogP contribution < -0.4 is 10.6 Å². The highest BCUT2D eigenvalue weighted by molar-refractivity contribution is 8.00. The normalized spacial score (nSPS) is 11.5. The minimum atomic E-state index is -0.531. The molecule has 4 aromatic carbocycles. The Bertz CT molecular complexity index is 1600. The van der Waals surface area contributed by atoms with E-state index in [0.717, 1.165) is 27.3 Å². The Labute approximate surface area is 240 Å².